The van der Waals surface area contributed by atoms with Crippen molar-refractivity contribution in [2.75, 3.05) is 31.1 Å². The van der Waals surface area contributed by atoms with Crippen molar-refractivity contribution in [3.8, 4) is 0 Å². The lowest BCUT2D eigenvalue weighted by Gasteiger charge is -2.32. The molecule has 0 unspecified atom stereocenters. The van der Waals surface area contributed by atoms with Gasteiger partial charge in [-0.3, -0.25) is 0 Å². The molecule has 0 aromatic carbocycles. The Labute approximate surface area is 96.7 Å². The summed E-state index contributed by atoms with van der Waals surface area (Å²) in [6, 6.07) is 0.117. The normalized spacial score (nSPS) is 21.7. The zero-order valence-electron chi connectivity index (χ0n) is 8.23. The molecule has 0 saturated carbocycles. The molecule has 0 radical (unpaired) electrons. The van der Waals surface area contributed by atoms with Crippen LogP contribution in [-0.4, -0.2) is 47.4 Å². The summed E-state index contributed by atoms with van der Waals surface area (Å²) in [5.74, 6) is 0.721. The lowest BCUT2D eigenvalue weighted by Crippen LogP contribution is -2.52. The minimum absolute atomic E-state index is 0.117. The number of nitrogens with zero attached hydrogens (tertiary/aromatic N) is 3. The van der Waals surface area contributed by atoms with Gasteiger partial charge in [-0.15, -0.1) is 0 Å². The van der Waals surface area contributed by atoms with Crippen LogP contribution in [0, 0.1) is 0 Å². The fourth-order valence-electron chi connectivity index (χ4n) is 1.60. The summed E-state index contributed by atoms with van der Waals surface area (Å²) in [7, 11) is 0. The van der Waals surface area contributed by atoms with E-state index in [-0.39, 0.29) is 12.6 Å². The maximum atomic E-state index is 9.06. The third-order valence-corrected chi connectivity index (χ3v) is 2.77. The van der Waals surface area contributed by atoms with Crippen LogP contribution < -0.4 is 10.2 Å². The van der Waals surface area contributed by atoms with Gasteiger partial charge in [-0.1, -0.05) is 0 Å². The lowest BCUT2D eigenvalue weighted by molar-refractivity contribution is 0.235. The average Bonchev–Trinajstić information content (AvgIpc) is 2.30. The molecule has 1 aliphatic rings. The van der Waals surface area contributed by atoms with E-state index in [1.54, 1.807) is 12.4 Å². The highest BCUT2D eigenvalue weighted by Gasteiger charge is 2.20. The summed E-state index contributed by atoms with van der Waals surface area (Å²) in [4.78, 5) is 10.5. The van der Waals surface area contributed by atoms with E-state index in [1.165, 1.54) is 0 Å². The fourth-order valence-corrected chi connectivity index (χ4v) is 1.80. The summed E-state index contributed by atoms with van der Waals surface area (Å²) in [5.41, 5.74) is 0. The topological polar surface area (TPSA) is 61.3 Å². The third kappa shape index (κ3) is 2.64. The summed E-state index contributed by atoms with van der Waals surface area (Å²) in [6.07, 6.45) is 3.47. The molecular weight excluding hydrogens is 260 g/mol. The van der Waals surface area contributed by atoms with Crippen molar-refractivity contribution in [3.63, 3.8) is 0 Å². The lowest BCUT2D eigenvalue weighted by atomic mass is 10.2. The van der Waals surface area contributed by atoms with Gasteiger partial charge in [-0.2, -0.15) is 0 Å². The number of anilines is 1. The molecule has 1 saturated heterocycles. The van der Waals surface area contributed by atoms with Crippen molar-refractivity contribution in [1.82, 2.24) is 15.3 Å². The van der Waals surface area contributed by atoms with Crippen LogP contribution in [0.15, 0.2) is 16.9 Å². The number of rotatable bonds is 2. The van der Waals surface area contributed by atoms with E-state index in [9.17, 15) is 0 Å². The molecule has 82 valence electrons. The number of hydrogen-bond acceptors (Lipinski definition) is 5. The van der Waals surface area contributed by atoms with Crippen molar-refractivity contribution < 1.29 is 5.11 Å². The molecule has 1 atom stereocenters. The van der Waals surface area contributed by atoms with Crippen molar-refractivity contribution in [1.29, 1.82) is 0 Å². The van der Waals surface area contributed by atoms with Gasteiger partial charge < -0.3 is 15.3 Å². The largest absolute Gasteiger partial charge is 0.395 e. The summed E-state index contributed by atoms with van der Waals surface area (Å²) < 4.78 is 0.875. The first kappa shape index (κ1) is 10.8. The van der Waals surface area contributed by atoms with E-state index >= 15 is 0 Å². The van der Waals surface area contributed by atoms with Crippen LogP contribution in [0.2, 0.25) is 0 Å². The van der Waals surface area contributed by atoms with Crippen LogP contribution in [0.4, 0.5) is 5.95 Å². The molecule has 15 heavy (non-hydrogen) atoms. The number of aliphatic hydroxyl groups is 1. The van der Waals surface area contributed by atoms with Gasteiger partial charge in [0.2, 0.25) is 5.95 Å². The number of aliphatic hydroxyl groups excluding tert-OH is 1. The van der Waals surface area contributed by atoms with Crippen LogP contribution in [-0.2, 0) is 0 Å². The molecule has 5 nitrogen and oxygen atoms in total. The Morgan fingerprint density at radius 1 is 1.53 bits per heavy atom. The molecule has 2 heterocycles. The van der Waals surface area contributed by atoms with Crippen molar-refractivity contribution >= 4 is 21.9 Å². The van der Waals surface area contributed by atoms with Gasteiger partial charge in [0, 0.05) is 38.1 Å². The summed E-state index contributed by atoms with van der Waals surface area (Å²) in [6.45, 7) is 2.62. The molecular formula is C9H13BrN4O. The maximum Gasteiger partial charge on any atom is 0.225 e. The Kier molecular flexibility index (Phi) is 3.50. The standard InChI is InChI=1S/C9H13BrN4O/c10-7-3-12-9(13-4-7)14-2-1-11-8(5-14)6-15/h3-4,8,11,15H,1-2,5-6H2/t8-/m0/s1. The van der Waals surface area contributed by atoms with E-state index < -0.39 is 0 Å². The van der Waals surface area contributed by atoms with E-state index in [2.05, 4.69) is 36.1 Å². The highest BCUT2D eigenvalue weighted by atomic mass is 79.9. The van der Waals surface area contributed by atoms with Crippen LogP contribution in [0.5, 0.6) is 0 Å². The Morgan fingerprint density at radius 3 is 2.93 bits per heavy atom. The minimum atomic E-state index is 0.117. The fraction of sp³-hybridized carbons (Fsp3) is 0.556. The van der Waals surface area contributed by atoms with E-state index in [0.29, 0.717) is 0 Å². The van der Waals surface area contributed by atoms with Crippen LogP contribution >= 0.6 is 15.9 Å². The average molecular weight is 273 g/mol. The number of halogens is 1. The van der Waals surface area contributed by atoms with Crippen molar-refractivity contribution in [3.05, 3.63) is 16.9 Å². The molecule has 0 amide bonds. The Hall–Kier alpha value is -0.720. The molecule has 6 heteroatoms. The second-order valence-electron chi connectivity index (χ2n) is 3.48. The van der Waals surface area contributed by atoms with Crippen molar-refractivity contribution in [2.24, 2.45) is 0 Å². The summed E-state index contributed by atoms with van der Waals surface area (Å²) in [5, 5.41) is 12.3. The molecule has 0 bridgehead atoms. The number of aromatic nitrogens is 2. The molecule has 1 fully saturated rings. The predicted octanol–water partition coefficient (Wildman–Crippen LogP) is 0.00960. The zero-order valence-corrected chi connectivity index (χ0v) is 9.81. The Morgan fingerprint density at radius 2 is 2.27 bits per heavy atom. The second-order valence-corrected chi connectivity index (χ2v) is 4.40. The van der Waals surface area contributed by atoms with Gasteiger partial charge in [-0.25, -0.2) is 9.97 Å². The first-order chi connectivity index (χ1) is 7.29. The van der Waals surface area contributed by atoms with Gasteiger partial charge >= 0.3 is 0 Å². The monoisotopic (exact) mass is 272 g/mol. The van der Waals surface area contributed by atoms with E-state index in [4.69, 9.17) is 5.11 Å². The molecule has 2 rings (SSSR count). The number of hydrogen-bond donors (Lipinski definition) is 2. The summed E-state index contributed by atoms with van der Waals surface area (Å²) >= 11 is 3.30. The highest BCUT2D eigenvalue weighted by Crippen LogP contribution is 2.12. The van der Waals surface area contributed by atoms with E-state index in [0.717, 1.165) is 30.1 Å². The van der Waals surface area contributed by atoms with Crippen LogP contribution in [0.25, 0.3) is 0 Å². The highest BCUT2D eigenvalue weighted by molar-refractivity contribution is 9.10. The third-order valence-electron chi connectivity index (χ3n) is 2.37. The Balaban J connectivity index is 2.06. The van der Waals surface area contributed by atoms with Gasteiger partial charge in [-0.05, 0) is 15.9 Å². The molecule has 0 aliphatic carbocycles. The second kappa shape index (κ2) is 4.87. The number of piperazine rings is 1. The minimum Gasteiger partial charge on any atom is -0.395 e. The van der Waals surface area contributed by atoms with Gasteiger partial charge in [0.25, 0.3) is 0 Å². The smallest absolute Gasteiger partial charge is 0.225 e. The quantitative estimate of drug-likeness (QED) is 0.795. The predicted molar refractivity (Wildman–Crippen MR) is 60.8 cm³/mol. The molecule has 1 aliphatic heterocycles. The molecule has 0 spiro atoms. The number of nitrogens with one attached hydrogen (secondary N) is 1. The first-order valence-corrected chi connectivity index (χ1v) is 5.65. The molecule has 1 aromatic heterocycles. The molecule has 1 aromatic rings. The van der Waals surface area contributed by atoms with Gasteiger partial charge in [0.1, 0.15) is 0 Å². The van der Waals surface area contributed by atoms with Crippen LogP contribution in [0.1, 0.15) is 0 Å². The van der Waals surface area contributed by atoms with Crippen molar-refractivity contribution in [2.45, 2.75) is 6.04 Å². The zero-order chi connectivity index (χ0) is 10.7. The maximum absolute atomic E-state index is 9.06. The van der Waals surface area contributed by atoms with Gasteiger partial charge in [0.15, 0.2) is 0 Å². The molecule has 2 N–H and O–H groups in total. The van der Waals surface area contributed by atoms with Crippen LogP contribution in [0.3, 0.4) is 0 Å². The first-order valence-electron chi connectivity index (χ1n) is 4.86. The Bertz CT molecular complexity index is 318. The SMILES string of the molecule is OC[C@@H]1CN(c2ncc(Br)cn2)CCN1. The van der Waals surface area contributed by atoms with Gasteiger partial charge in [0.05, 0.1) is 11.1 Å². The van der Waals surface area contributed by atoms with E-state index in [1.807, 2.05) is 0 Å².